The number of hydrogen-bond acceptors (Lipinski definition) is 2. The molecule has 66 valence electrons. The van der Waals surface area contributed by atoms with Gasteiger partial charge in [-0.25, -0.2) is 0 Å². The highest BCUT2D eigenvalue weighted by Gasteiger charge is 2.15. The highest BCUT2D eigenvalue weighted by atomic mass is 16.4. The monoisotopic (exact) mass is 166 g/mol. The van der Waals surface area contributed by atoms with E-state index in [2.05, 4.69) is 0 Å². The molecule has 1 aromatic heterocycles. The van der Waals surface area contributed by atoms with Gasteiger partial charge in [0.1, 0.15) is 0 Å². The Hall–Kier alpha value is -1.25. The molecule has 0 fully saturated rings. The molecule has 0 aromatic carbocycles. The van der Waals surface area contributed by atoms with Crippen molar-refractivity contribution in [2.75, 3.05) is 0 Å². The second-order valence-corrected chi connectivity index (χ2v) is 3.72. The maximum atomic E-state index is 10.6. The number of aromatic carboxylic acids is 1. The summed E-state index contributed by atoms with van der Waals surface area (Å²) < 4.78 is 1.68. The van der Waals surface area contributed by atoms with Gasteiger partial charge in [-0.2, -0.15) is 0 Å². The Morgan fingerprint density at radius 3 is 2.42 bits per heavy atom. The summed E-state index contributed by atoms with van der Waals surface area (Å²) in [6.45, 7) is 5.83. The maximum Gasteiger partial charge on any atom is 0.0880 e. The molecule has 1 heterocycles. The van der Waals surface area contributed by atoms with E-state index in [9.17, 15) is 9.90 Å². The molecule has 0 unspecified atom stereocenters. The van der Waals surface area contributed by atoms with Crippen LogP contribution in [-0.4, -0.2) is 10.5 Å². The van der Waals surface area contributed by atoms with Crippen molar-refractivity contribution in [3.63, 3.8) is 0 Å². The second-order valence-electron chi connectivity index (χ2n) is 3.72. The highest BCUT2D eigenvalue weighted by molar-refractivity contribution is 5.84. The van der Waals surface area contributed by atoms with Crippen LogP contribution < -0.4 is 5.11 Å². The summed E-state index contributed by atoms with van der Waals surface area (Å²) in [5.74, 6) is -1.13. The van der Waals surface area contributed by atoms with Crippen molar-refractivity contribution >= 4 is 5.97 Å². The Balaban J connectivity index is 3.17. The van der Waals surface area contributed by atoms with Gasteiger partial charge in [0.25, 0.3) is 0 Å². The van der Waals surface area contributed by atoms with Crippen LogP contribution in [0.2, 0.25) is 0 Å². The van der Waals surface area contributed by atoms with E-state index in [4.69, 9.17) is 0 Å². The van der Waals surface area contributed by atoms with E-state index < -0.39 is 5.97 Å². The molecule has 1 rings (SSSR count). The van der Waals surface area contributed by atoms with Gasteiger partial charge in [-0.1, -0.05) is 0 Å². The van der Waals surface area contributed by atoms with E-state index in [1.165, 1.54) is 0 Å². The van der Waals surface area contributed by atoms with Crippen LogP contribution in [0.3, 0.4) is 0 Å². The predicted molar refractivity (Wildman–Crippen MR) is 43.8 cm³/mol. The van der Waals surface area contributed by atoms with E-state index in [0.717, 1.165) is 0 Å². The van der Waals surface area contributed by atoms with Crippen LogP contribution in [0.4, 0.5) is 0 Å². The zero-order valence-corrected chi connectivity index (χ0v) is 7.50. The van der Waals surface area contributed by atoms with Crippen molar-refractivity contribution in [2.45, 2.75) is 26.3 Å². The minimum Gasteiger partial charge on any atom is -0.543 e. The Morgan fingerprint density at radius 1 is 1.50 bits per heavy atom. The molecule has 0 bridgehead atoms. The zero-order chi connectivity index (χ0) is 9.35. The lowest BCUT2D eigenvalue weighted by atomic mass is 10.1. The third-order valence-electron chi connectivity index (χ3n) is 1.68. The largest absolute Gasteiger partial charge is 0.543 e. The first kappa shape index (κ1) is 8.84. The van der Waals surface area contributed by atoms with Crippen LogP contribution in [-0.2, 0) is 5.54 Å². The van der Waals surface area contributed by atoms with Crippen molar-refractivity contribution < 1.29 is 9.90 Å². The number of nitrogens with zero attached hydrogens (tertiary/aromatic N) is 1. The average molecular weight is 166 g/mol. The zero-order valence-electron chi connectivity index (χ0n) is 7.50. The van der Waals surface area contributed by atoms with Gasteiger partial charge in [0.2, 0.25) is 0 Å². The molecule has 0 saturated carbocycles. The van der Waals surface area contributed by atoms with Crippen LogP contribution >= 0.6 is 0 Å². The fourth-order valence-corrected chi connectivity index (χ4v) is 1.13. The summed E-state index contributed by atoms with van der Waals surface area (Å²) in [7, 11) is 0. The first-order valence-electron chi connectivity index (χ1n) is 3.82. The number of rotatable bonds is 1. The molecule has 0 aliphatic rings. The van der Waals surface area contributed by atoms with Crippen molar-refractivity contribution in [3.8, 4) is 0 Å². The standard InChI is InChI=1S/C9H13NO2/c1-9(2,3)10-6-4-5-7(10)8(11)12/h4-6H,1-3H3,(H,11,12)/p-1. The molecule has 0 spiro atoms. The molecule has 0 radical (unpaired) electrons. The Bertz CT molecular complexity index is 294. The number of carbonyl (C=O) groups is 1. The lowest BCUT2D eigenvalue weighted by molar-refractivity contribution is -0.256. The van der Waals surface area contributed by atoms with Crippen LogP contribution in [0, 0.1) is 0 Å². The molecule has 3 heteroatoms. The third-order valence-corrected chi connectivity index (χ3v) is 1.68. The summed E-state index contributed by atoms with van der Waals surface area (Å²) in [6, 6.07) is 3.25. The summed E-state index contributed by atoms with van der Waals surface area (Å²) in [4.78, 5) is 10.6. The Labute approximate surface area is 71.6 Å². The molecular formula is C9H12NO2-. The minimum absolute atomic E-state index is 0.209. The van der Waals surface area contributed by atoms with Gasteiger partial charge in [-0.15, -0.1) is 0 Å². The van der Waals surface area contributed by atoms with Gasteiger partial charge in [-0.05, 0) is 32.9 Å². The first-order chi connectivity index (χ1) is 5.43. The highest BCUT2D eigenvalue weighted by Crippen LogP contribution is 2.16. The lowest BCUT2D eigenvalue weighted by Gasteiger charge is -2.24. The van der Waals surface area contributed by atoms with Crippen molar-refractivity contribution in [1.82, 2.24) is 4.57 Å². The Morgan fingerprint density at radius 2 is 2.08 bits per heavy atom. The summed E-state index contributed by atoms with van der Waals surface area (Å²) in [5, 5.41) is 10.6. The fourth-order valence-electron chi connectivity index (χ4n) is 1.13. The maximum absolute atomic E-state index is 10.6. The van der Waals surface area contributed by atoms with Gasteiger partial charge in [0, 0.05) is 11.7 Å². The van der Waals surface area contributed by atoms with E-state index in [1.54, 1.807) is 22.9 Å². The number of carbonyl (C=O) groups excluding carboxylic acids is 1. The van der Waals surface area contributed by atoms with Gasteiger partial charge < -0.3 is 14.5 Å². The van der Waals surface area contributed by atoms with Gasteiger partial charge in [-0.3, -0.25) is 0 Å². The van der Waals surface area contributed by atoms with Crippen LogP contribution in [0.25, 0.3) is 0 Å². The molecule has 0 amide bonds. The number of carboxylic acids is 1. The third kappa shape index (κ3) is 1.49. The second kappa shape index (κ2) is 2.66. The van der Waals surface area contributed by atoms with Crippen LogP contribution in [0.15, 0.2) is 18.3 Å². The molecule has 0 aliphatic carbocycles. The van der Waals surface area contributed by atoms with Crippen LogP contribution in [0.1, 0.15) is 31.3 Å². The predicted octanol–water partition coefficient (Wildman–Crippen LogP) is 0.607. The molecule has 0 N–H and O–H groups in total. The summed E-state index contributed by atoms with van der Waals surface area (Å²) >= 11 is 0. The summed E-state index contributed by atoms with van der Waals surface area (Å²) in [6.07, 6.45) is 1.74. The van der Waals surface area contributed by atoms with E-state index in [0.29, 0.717) is 0 Å². The molecule has 0 aliphatic heterocycles. The smallest absolute Gasteiger partial charge is 0.0880 e. The lowest BCUT2D eigenvalue weighted by Crippen LogP contribution is -2.31. The fraction of sp³-hybridized carbons (Fsp3) is 0.444. The number of carboxylic acid groups (broad SMARTS) is 1. The molecule has 0 atom stereocenters. The van der Waals surface area contributed by atoms with Crippen molar-refractivity contribution in [3.05, 3.63) is 24.0 Å². The molecule has 3 nitrogen and oxygen atoms in total. The van der Waals surface area contributed by atoms with E-state index in [-0.39, 0.29) is 11.2 Å². The summed E-state index contributed by atoms with van der Waals surface area (Å²) in [5.41, 5.74) is 0.0151. The quantitative estimate of drug-likeness (QED) is 0.613. The minimum atomic E-state index is -1.13. The van der Waals surface area contributed by atoms with E-state index in [1.807, 2.05) is 20.8 Å². The van der Waals surface area contributed by atoms with Crippen molar-refractivity contribution in [1.29, 1.82) is 0 Å². The first-order valence-corrected chi connectivity index (χ1v) is 3.82. The van der Waals surface area contributed by atoms with Crippen LogP contribution in [0.5, 0.6) is 0 Å². The number of aromatic nitrogens is 1. The van der Waals surface area contributed by atoms with Gasteiger partial charge in [0.05, 0.1) is 11.7 Å². The van der Waals surface area contributed by atoms with E-state index >= 15 is 0 Å². The molecule has 0 saturated heterocycles. The number of hydrogen-bond donors (Lipinski definition) is 0. The average Bonchev–Trinajstić information content (AvgIpc) is 2.30. The molecular weight excluding hydrogens is 154 g/mol. The topological polar surface area (TPSA) is 45.1 Å². The Kier molecular flexibility index (Phi) is 1.96. The van der Waals surface area contributed by atoms with Crippen molar-refractivity contribution in [2.24, 2.45) is 0 Å². The van der Waals surface area contributed by atoms with Gasteiger partial charge in [0.15, 0.2) is 0 Å². The normalized spacial score (nSPS) is 11.6. The van der Waals surface area contributed by atoms with Gasteiger partial charge >= 0.3 is 0 Å². The SMILES string of the molecule is CC(C)(C)n1cccc1C(=O)[O-]. The molecule has 1 aromatic rings. The molecule has 12 heavy (non-hydrogen) atoms.